The number of benzene rings is 1. The first kappa shape index (κ1) is 13.0. The van der Waals surface area contributed by atoms with Crippen LogP contribution in [0.25, 0.3) is 0 Å². The average Bonchev–Trinajstić information content (AvgIpc) is 2.39. The van der Waals surface area contributed by atoms with Crippen LogP contribution in [-0.2, 0) is 10.8 Å². The molecule has 2 heterocycles. The van der Waals surface area contributed by atoms with Gasteiger partial charge in [0.1, 0.15) is 0 Å². The molecule has 1 saturated heterocycles. The van der Waals surface area contributed by atoms with Crippen molar-refractivity contribution in [3.05, 3.63) is 29.3 Å². The van der Waals surface area contributed by atoms with Crippen LogP contribution in [0.3, 0.4) is 0 Å². The topological polar surface area (TPSA) is 46.2 Å². The van der Waals surface area contributed by atoms with Gasteiger partial charge in [0, 0.05) is 12.0 Å². The van der Waals surface area contributed by atoms with Gasteiger partial charge in [0.05, 0.1) is 20.4 Å². The zero-order chi connectivity index (χ0) is 13.6. The van der Waals surface area contributed by atoms with E-state index < -0.39 is 10.8 Å². The zero-order valence-corrected chi connectivity index (χ0v) is 12.2. The van der Waals surface area contributed by atoms with E-state index in [-0.39, 0.29) is 16.4 Å². The first-order chi connectivity index (χ1) is 9.04. The summed E-state index contributed by atoms with van der Waals surface area (Å²) in [5.74, 6) is 0.424. The Morgan fingerprint density at radius 2 is 2.21 bits per heavy atom. The van der Waals surface area contributed by atoms with Gasteiger partial charge in [-0.25, -0.2) is 0 Å². The molecule has 1 aromatic rings. The fourth-order valence-corrected chi connectivity index (χ4v) is 5.26. The summed E-state index contributed by atoms with van der Waals surface area (Å²) in [6, 6.07) is 5.72. The molecule has 1 N–H and O–H groups in total. The Balaban J connectivity index is 2.12. The van der Waals surface area contributed by atoms with Gasteiger partial charge in [-0.15, -0.1) is 0 Å². The highest BCUT2D eigenvalue weighted by Crippen LogP contribution is 2.43. The first-order valence-corrected chi connectivity index (χ1v) is 7.96. The highest BCUT2D eigenvalue weighted by molar-refractivity contribution is 7.86. The van der Waals surface area contributed by atoms with Crippen LogP contribution in [0.5, 0.6) is 0 Å². The molecule has 0 saturated carbocycles. The fraction of sp³-hybridized carbons (Fsp3) is 0.533. The highest BCUT2D eigenvalue weighted by Gasteiger charge is 2.49. The second kappa shape index (κ2) is 4.53. The molecule has 1 spiro atoms. The van der Waals surface area contributed by atoms with Gasteiger partial charge >= 0.3 is 0 Å². The number of piperidine rings is 1. The monoisotopic (exact) mass is 277 g/mol. The lowest BCUT2D eigenvalue weighted by atomic mass is 9.81. The molecule has 3 rings (SSSR count). The van der Waals surface area contributed by atoms with Crippen LogP contribution in [0.2, 0.25) is 0 Å². The number of fused-ring (bicyclic) bond motifs is 1. The number of carbonyl (C=O) groups excluding carboxylic acids is 1. The molecule has 3 atom stereocenters. The molecule has 0 bridgehead atoms. The molecular weight excluding hydrogens is 258 g/mol. The molecule has 19 heavy (non-hydrogen) atoms. The lowest BCUT2D eigenvalue weighted by Crippen LogP contribution is -2.54. The molecule has 102 valence electrons. The number of nitrogens with one attached hydrogen (secondary N) is 1. The fourth-order valence-electron chi connectivity index (χ4n) is 3.26. The number of ketones is 1. The summed E-state index contributed by atoms with van der Waals surface area (Å²) in [6.45, 7) is 5.77. The van der Waals surface area contributed by atoms with Crippen molar-refractivity contribution in [2.24, 2.45) is 5.92 Å². The summed E-state index contributed by atoms with van der Waals surface area (Å²) >= 11 is 0. The number of hydrogen-bond acceptors (Lipinski definition) is 3. The Morgan fingerprint density at radius 1 is 1.42 bits per heavy atom. The van der Waals surface area contributed by atoms with Crippen LogP contribution < -0.4 is 5.32 Å². The van der Waals surface area contributed by atoms with Gasteiger partial charge in [0.15, 0.2) is 5.78 Å². The third-order valence-electron chi connectivity index (χ3n) is 4.54. The second-order valence-electron chi connectivity index (χ2n) is 5.79. The van der Waals surface area contributed by atoms with Crippen molar-refractivity contribution in [2.45, 2.75) is 36.3 Å². The lowest BCUT2D eigenvalue weighted by molar-refractivity contribution is 0.0937. The third kappa shape index (κ3) is 1.89. The molecule has 2 unspecified atom stereocenters. The molecule has 2 aliphatic rings. The Morgan fingerprint density at radius 3 is 2.95 bits per heavy atom. The van der Waals surface area contributed by atoms with Crippen molar-refractivity contribution in [2.75, 3.05) is 13.1 Å². The van der Waals surface area contributed by atoms with E-state index in [1.807, 2.05) is 25.1 Å². The van der Waals surface area contributed by atoms with Gasteiger partial charge in [-0.05, 0) is 44.5 Å². The van der Waals surface area contributed by atoms with Crippen LogP contribution in [0, 0.1) is 12.8 Å². The van der Waals surface area contributed by atoms with E-state index >= 15 is 0 Å². The van der Waals surface area contributed by atoms with Gasteiger partial charge in [0.25, 0.3) is 0 Å². The molecule has 3 nitrogen and oxygen atoms in total. The quantitative estimate of drug-likeness (QED) is 0.789. The minimum atomic E-state index is -1.08. The molecule has 1 fully saturated rings. The number of aryl methyl sites for hydroxylation is 1. The second-order valence-corrected chi connectivity index (χ2v) is 7.58. The largest absolute Gasteiger partial charge is 0.316 e. The number of Topliss-reactive ketones (excluding diaryl/α,β-unsaturated/α-hetero) is 1. The van der Waals surface area contributed by atoms with Crippen molar-refractivity contribution < 1.29 is 9.00 Å². The van der Waals surface area contributed by atoms with Gasteiger partial charge < -0.3 is 5.32 Å². The molecule has 2 aliphatic heterocycles. The maximum atomic E-state index is 13.0. The zero-order valence-electron chi connectivity index (χ0n) is 11.4. The summed E-state index contributed by atoms with van der Waals surface area (Å²) in [6.07, 6.45) is 1.25. The van der Waals surface area contributed by atoms with Crippen LogP contribution >= 0.6 is 0 Å². The van der Waals surface area contributed by atoms with E-state index in [4.69, 9.17) is 0 Å². The average molecular weight is 277 g/mol. The van der Waals surface area contributed by atoms with E-state index in [1.165, 1.54) is 0 Å². The van der Waals surface area contributed by atoms with Crippen molar-refractivity contribution >= 4 is 16.6 Å². The van der Waals surface area contributed by atoms with Gasteiger partial charge in [-0.3, -0.25) is 9.00 Å². The molecule has 0 aliphatic carbocycles. The summed E-state index contributed by atoms with van der Waals surface area (Å²) in [5.41, 5.74) is 1.73. The Labute approximate surface area is 116 Å². The van der Waals surface area contributed by atoms with Gasteiger partial charge in [-0.1, -0.05) is 18.6 Å². The van der Waals surface area contributed by atoms with Crippen LogP contribution in [0.15, 0.2) is 23.1 Å². The van der Waals surface area contributed by atoms with E-state index in [0.717, 1.165) is 30.0 Å². The first-order valence-electron chi connectivity index (χ1n) is 6.81. The van der Waals surface area contributed by atoms with Crippen molar-refractivity contribution in [3.8, 4) is 0 Å². The third-order valence-corrected chi connectivity index (χ3v) is 6.78. The van der Waals surface area contributed by atoms with E-state index in [0.29, 0.717) is 12.0 Å². The molecule has 4 heteroatoms. The summed E-state index contributed by atoms with van der Waals surface area (Å²) < 4.78 is 12.6. The molecule has 0 radical (unpaired) electrons. The predicted octanol–water partition coefficient (Wildman–Crippen LogP) is 2.06. The van der Waals surface area contributed by atoms with E-state index in [9.17, 15) is 9.00 Å². The molecule has 0 amide bonds. The summed E-state index contributed by atoms with van der Waals surface area (Å²) in [5, 5.41) is 3.33. The van der Waals surface area contributed by atoms with Crippen molar-refractivity contribution in [1.29, 1.82) is 0 Å². The minimum Gasteiger partial charge on any atom is -0.316 e. The SMILES string of the molecule is Cc1ccc2c(c1)C(=O)CC1(CCNC[C@H]1C)S2=O. The normalized spacial score (nSPS) is 34.3. The smallest absolute Gasteiger partial charge is 0.165 e. The maximum Gasteiger partial charge on any atom is 0.165 e. The van der Waals surface area contributed by atoms with Crippen LogP contribution in [0.1, 0.15) is 35.7 Å². The van der Waals surface area contributed by atoms with Gasteiger partial charge in [0.2, 0.25) is 0 Å². The molecular formula is C15H19NO2S. The Hall–Kier alpha value is -1.00. The summed E-state index contributed by atoms with van der Waals surface area (Å²) in [7, 11) is -1.08. The van der Waals surface area contributed by atoms with Crippen LogP contribution in [0.4, 0.5) is 0 Å². The van der Waals surface area contributed by atoms with Crippen LogP contribution in [-0.4, -0.2) is 27.8 Å². The number of hydrogen-bond donors (Lipinski definition) is 1. The van der Waals surface area contributed by atoms with E-state index in [2.05, 4.69) is 12.2 Å². The standard InChI is InChI=1S/C15H19NO2S/c1-10-3-4-14-12(7-10)13(17)8-15(19(14)18)5-6-16-9-11(15)2/h3-4,7,11,16H,5-6,8-9H2,1-2H3/t11-,15?,19?/m1/s1. The van der Waals surface area contributed by atoms with Crippen molar-refractivity contribution in [3.63, 3.8) is 0 Å². The number of carbonyl (C=O) groups is 1. The maximum absolute atomic E-state index is 13.0. The van der Waals surface area contributed by atoms with E-state index in [1.54, 1.807) is 0 Å². The Kier molecular flexibility index (Phi) is 3.10. The Bertz CT molecular complexity index is 569. The summed E-state index contributed by atoms with van der Waals surface area (Å²) in [4.78, 5) is 13.2. The minimum absolute atomic E-state index is 0.159. The molecule has 1 aromatic carbocycles. The lowest BCUT2D eigenvalue weighted by Gasteiger charge is -2.44. The predicted molar refractivity (Wildman–Crippen MR) is 75.9 cm³/mol. The van der Waals surface area contributed by atoms with Crippen molar-refractivity contribution in [1.82, 2.24) is 5.32 Å². The number of rotatable bonds is 0. The van der Waals surface area contributed by atoms with Gasteiger partial charge in [-0.2, -0.15) is 0 Å². The highest BCUT2D eigenvalue weighted by atomic mass is 32.2. The molecule has 0 aromatic heterocycles.